The molecule has 0 bridgehead atoms. The molecule has 17 heteroatoms. The Kier molecular flexibility index (Phi) is 9.25. The van der Waals surface area contributed by atoms with Gasteiger partial charge in [0, 0.05) is 24.5 Å². The average Bonchev–Trinajstić information content (AvgIpc) is 2.92. The van der Waals surface area contributed by atoms with Crippen molar-refractivity contribution in [1.29, 1.82) is 0 Å². The predicted octanol–water partition coefficient (Wildman–Crippen LogP) is 6.98. The van der Waals surface area contributed by atoms with Crippen molar-refractivity contribution in [3.05, 3.63) is 88.7 Å². The molecule has 4 aromatic rings. The molecule has 2 aromatic carbocycles. The van der Waals surface area contributed by atoms with Gasteiger partial charge in [-0.15, -0.1) is 0 Å². The summed E-state index contributed by atoms with van der Waals surface area (Å²) in [6.45, 7) is 0.202. The van der Waals surface area contributed by atoms with Crippen LogP contribution in [0.2, 0.25) is 5.15 Å². The zero-order chi connectivity index (χ0) is 30.3. The Morgan fingerprint density at radius 2 is 1.62 bits per heavy atom. The van der Waals surface area contributed by atoms with Crippen molar-refractivity contribution < 1.29 is 35.5 Å². The number of alkyl halides is 7. The molecule has 0 unspecified atom stereocenters. The second kappa shape index (κ2) is 12.8. The summed E-state index contributed by atoms with van der Waals surface area (Å²) in [4.78, 5) is 16.5. The van der Waals surface area contributed by atoms with Crippen LogP contribution in [-0.2, 0) is 12.7 Å². The summed E-state index contributed by atoms with van der Waals surface area (Å²) < 4.78 is 94.2. The number of rotatable bonds is 11. The van der Waals surface area contributed by atoms with Crippen molar-refractivity contribution in [1.82, 2.24) is 19.9 Å². The van der Waals surface area contributed by atoms with E-state index in [2.05, 4.69) is 45.8 Å². The number of hydrazone groups is 1. The molecule has 42 heavy (non-hydrogen) atoms. The van der Waals surface area contributed by atoms with Gasteiger partial charge in [0.1, 0.15) is 10.9 Å². The van der Waals surface area contributed by atoms with Gasteiger partial charge in [-0.05, 0) is 41.5 Å². The van der Waals surface area contributed by atoms with Gasteiger partial charge in [0.25, 0.3) is 0 Å². The molecule has 0 aliphatic carbocycles. The van der Waals surface area contributed by atoms with E-state index in [9.17, 15) is 30.7 Å². The Bertz CT molecular complexity index is 1520. The lowest BCUT2D eigenvalue weighted by Crippen LogP contribution is -2.33. The highest BCUT2D eigenvalue weighted by Gasteiger charge is 2.44. The molecular weight excluding hydrogens is 597 g/mol. The van der Waals surface area contributed by atoms with Crippen LogP contribution >= 0.6 is 11.6 Å². The third-order valence-electron chi connectivity index (χ3n) is 5.09. The van der Waals surface area contributed by atoms with Crippen molar-refractivity contribution >= 4 is 41.3 Å². The van der Waals surface area contributed by atoms with Crippen LogP contribution in [0.5, 0.6) is 5.75 Å². The van der Waals surface area contributed by atoms with Crippen LogP contribution < -0.4 is 20.8 Å². The number of hydrogen-bond donors (Lipinski definition) is 3. The summed E-state index contributed by atoms with van der Waals surface area (Å²) in [7, 11) is 0. The van der Waals surface area contributed by atoms with Gasteiger partial charge >= 0.3 is 18.7 Å². The van der Waals surface area contributed by atoms with E-state index < -0.39 is 30.0 Å². The number of pyridine rings is 1. The number of benzene rings is 2. The van der Waals surface area contributed by atoms with Crippen molar-refractivity contribution in [2.75, 3.05) is 16.1 Å². The van der Waals surface area contributed by atoms with Gasteiger partial charge in [0.05, 0.1) is 11.8 Å². The van der Waals surface area contributed by atoms with Crippen LogP contribution in [0, 0.1) is 0 Å². The highest BCUT2D eigenvalue weighted by Crippen LogP contribution is 2.30. The molecule has 0 saturated carbocycles. The maximum Gasteiger partial charge on any atom is 0.461 e. The standard InChI is InChI=1S/C25H18ClF7N8O/c26-19-9-6-15(11-34-19)12-35-21-38-22(37-17-2-1-3-18(10-17)42-25(32,33)20(27)28)40-23(39-21)41-36-13-14-4-7-16(8-5-14)24(29,30)31/h1-11,13,20H,12H2,(H3,35,37,38,39,40,41)/b36-13+. The second-order valence-corrected chi connectivity index (χ2v) is 8.64. The number of nitrogens with zero attached hydrogens (tertiary/aromatic N) is 5. The second-order valence-electron chi connectivity index (χ2n) is 8.26. The lowest BCUT2D eigenvalue weighted by Gasteiger charge is -2.17. The first-order chi connectivity index (χ1) is 19.9. The van der Waals surface area contributed by atoms with Gasteiger partial charge < -0.3 is 15.4 Å². The summed E-state index contributed by atoms with van der Waals surface area (Å²) in [5.41, 5.74) is 2.88. The monoisotopic (exact) mass is 614 g/mol. The highest BCUT2D eigenvalue weighted by atomic mass is 35.5. The molecule has 0 spiro atoms. The normalized spacial score (nSPS) is 12.0. The molecule has 4 rings (SSSR count). The molecule has 2 heterocycles. The third-order valence-corrected chi connectivity index (χ3v) is 5.31. The predicted molar refractivity (Wildman–Crippen MR) is 140 cm³/mol. The minimum atomic E-state index is -4.71. The smallest absolute Gasteiger partial charge is 0.428 e. The van der Waals surface area contributed by atoms with E-state index in [4.69, 9.17) is 11.6 Å². The van der Waals surface area contributed by atoms with Crippen molar-refractivity contribution in [2.24, 2.45) is 5.10 Å². The van der Waals surface area contributed by atoms with Crippen molar-refractivity contribution in [3.63, 3.8) is 0 Å². The maximum absolute atomic E-state index is 13.3. The van der Waals surface area contributed by atoms with Gasteiger partial charge in [-0.25, -0.2) is 10.4 Å². The molecule has 0 aliphatic heterocycles. The molecular formula is C25H18ClF7N8O. The molecule has 220 valence electrons. The molecule has 3 N–H and O–H groups in total. The van der Waals surface area contributed by atoms with Gasteiger partial charge in [-0.3, -0.25) is 0 Å². The largest absolute Gasteiger partial charge is 0.461 e. The van der Waals surface area contributed by atoms with Gasteiger partial charge in [0.2, 0.25) is 17.8 Å². The van der Waals surface area contributed by atoms with Crippen LogP contribution in [0.25, 0.3) is 0 Å². The Hall–Kier alpha value is -4.73. The molecule has 0 atom stereocenters. The molecule has 0 saturated heterocycles. The summed E-state index contributed by atoms with van der Waals surface area (Å²) in [5.74, 6) is -0.769. The van der Waals surface area contributed by atoms with E-state index in [1.807, 2.05) is 0 Å². The van der Waals surface area contributed by atoms with Crippen LogP contribution in [0.15, 0.2) is 72.0 Å². The quantitative estimate of drug-likeness (QED) is 0.0719. The van der Waals surface area contributed by atoms with Gasteiger partial charge in [-0.2, -0.15) is 50.8 Å². The summed E-state index contributed by atoms with van der Waals surface area (Å²) >= 11 is 5.80. The van der Waals surface area contributed by atoms with E-state index in [0.29, 0.717) is 16.3 Å². The first-order valence-corrected chi connectivity index (χ1v) is 12.0. The maximum atomic E-state index is 13.3. The fourth-order valence-corrected chi connectivity index (χ4v) is 3.26. The zero-order valence-electron chi connectivity index (χ0n) is 20.9. The fourth-order valence-electron chi connectivity index (χ4n) is 3.14. The zero-order valence-corrected chi connectivity index (χ0v) is 21.6. The number of halogens is 8. The van der Waals surface area contributed by atoms with Crippen molar-refractivity contribution in [3.8, 4) is 5.75 Å². The average molecular weight is 615 g/mol. The van der Waals surface area contributed by atoms with E-state index in [1.165, 1.54) is 36.7 Å². The lowest BCUT2D eigenvalue weighted by atomic mass is 10.1. The van der Waals surface area contributed by atoms with Gasteiger partial charge in [-0.1, -0.05) is 35.9 Å². The number of nitrogens with one attached hydrogen (secondary N) is 3. The van der Waals surface area contributed by atoms with Crippen LogP contribution in [0.3, 0.4) is 0 Å². The third kappa shape index (κ3) is 8.63. The Morgan fingerprint density at radius 3 is 2.29 bits per heavy atom. The lowest BCUT2D eigenvalue weighted by molar-refractivity contribution is -0.253. The van der Waals surface area contributed by atoms with Crippen LogP contribution in [0.4, 0.5) is 54.3 Å². The van der Waals surface area contributed by atoms with E-state index in [0.717, 1.165) is 24.3 Å². The molecule has 0 fully saturated rings. The molecule has 9 nitrogen and oxygen atoms in total. The van der Waals surface area contributed by atoms with Gasteiger partial charge in [0.15, 0.2) is 0 Å². The molecule has 0 amide bonds. The minimum Gasteiger partial charge on any atom is -0.428 e. The number of anilines is 4. The minimum absolute atomic E-state index is 0.0197. The van der Waals surface area contributed by atoms with E-state index >= 15 is 0 Å². The van der Waals surface area contributed by atoms with Crippen LogP contribution in [0.1, 0.15) is 16.7 Å². The summed E-state index contributed by atoms with van der Waals surface area (Å²) in [6, 6.07) is 12.3. The Balaban J connectivity index is 1.54. The Labute approximate surface area is 237 Å². The first kappa shape index (κ1) is 30.2. The SMILES string of the molecule is FC(F)C(F)(F)Oc1cccc(Nc2nc(NCc3ccc(Cl)nc3)nc(N/N=C/c3ccc(C(F)(F)F)cc3)n2)c1. The molecule has 0 radical (unpaired) electrons. The molecule has 2 aromatic heterocycles. The number of hydrogen-bond acceptors (Lipinski definition) is 9. The Morgan fingerprint density at radius 1 is 0.905 bits per heavy atom. The van der Waals surface area contributed by atoms with Crippen LogP contribution in [-0.4, -0.2) is 38.7 Å². The number of ether oxygens (including phenoxy) is 1. The first-order valence-electron chi connectivity index (χ1n) is 11.7. The highest BCUT2D eigenvalue weighted by molar-refractivity contribution is 6.29. The number of aromatic nitrogens is 4. The molecule has 0 aliphatic rings. The fraction of sp³-hybridized carbons (Fsp3) is 0.160. The van der Waals surface area contributed by atoms with Crippen molar-refractivity contribution in [2.45, 2.75) is 25.3 Å². The van der Waals surface area contributed by atoms with E-state index in [1.54, 1.807) is 12.1 Å². The van der Waals surface area contributed by atoms with E-state index in [-0.39, 0.29) is 30.1 Å². The summed E-state index contributed by atoms with van der Waals surface area (Å²) in [6.07, 6.45) is -10.5. The topological polar surface area (TPSA) is 109 Å². The summed E-state index contributed by atoms with van der Waals surface area (Å²) in [5, 5.41) is 9.89.